The van der Waals surface area contributed by atoms with Crippen molar-refractivity contribution in [2.45, 2.75) is 37.6 Å². The topological polar surface area (TPSA) is 41.6 Å². The molecule has 1 aliphatic carbocycles. The van der Waals surface area contributed by atoms with E-state index in [-0.39, 0.29) is 11.4 Å². The van der Waals surface area contributed by atoms with Gasteiger partial charge in [0.2, 0.25) is 0 Å². The molecule has 22 heavy (non-hydrogen) atoms. The molecule has 3 fully saturated rings. The number of ether oxygens (including phenoxy) is 1. The summed E-state index contributed by atoms with van der Waals surface area (Å²) in [6, 6.07) is 11.1. The van der Waals surface area contributed by atoms with Crippen molar-refractivity contribution in [1.82, 2.24) is 10.2 Å². The second kappa shape index (κ2) is 5.58. The van der Waals surface area contributed by atoms with Gasteiger partial charge in [-0.25, -0.2) is 4.79 Å². The second-order valence-electron chi connectivity index (χ2n) is 7.20. The predicted octanol–water partition coefficient (Wildman–Crippen LogP) is 2.75. The highest BCUT2D eigenvalue weighted by atomic mass is 16.5. The molecule has 0 bridgehead atoms. The third kappa shape index (κ3) is 2.60. The molecular formula is C18H24N2O2. The number of benzene rings is 1. The summed E-state index contributed by atoms with van der Waals surface area (Å²) in [7, 11) is 0. The van der Waals surface area contributed by atoms with E-state index in [9.17, 15) is 4.79 Å². The maximum atomic E-state index is 12.4. The van der Waals surface area contributed by atoms with Crippen LogP contribution in [0.5, 0.6) is 0 Å². The van der Waals surface area contributed by atoms with Crippen molar-refractivity contribution in [1.29, 1.82) is 0 Å². The first-order valence-corrected chi connectivity index (χ1v) is 8.42. The molecule has 1 N–H and O–H groups in total. The van der Waals surface area contributed by atoms with E-state index in [1.54, 1.807) is 0 Å². The molecule has 2 aliphatic heterocycles. The van der Waals surface area contributed by atoms with Gasteiger partial charge in [-0.3, -0.25) is 0 Å². The van der Waals surface area contributed by atoms with Crippen LogP contribution < -0.4 is 5.32 Å². The SMILES string of the molecule is O=C(NC1CC(c2ccccc2)C1)N1CC[C@@]2(CCOC2)C1. The van der Waals surface area contributed by atoms with Crippen molar-refractivity contribution in [3.05, 3.63) is 35.9 Å². The number of rotatable bonds is 2. The van der Waals surface area contributed by atoms with Gasteiger partial charge in [0.15, 0.2) is 0 Å². The Morgan fingerprint density at radius 2 is 2.05 bits per heavy atom. The zero-order chi connectivity index (χ0) is 15.0. The quantitative estimate of drug-likeness (QED) is 0.912. The lowest BCUT2D eigenvalue weighted by molar-refractivity contribution is 0.150. The van der Waals surface area contributed by atoms with Gasteiger partial charge in [-0.05, 0) is 37.2 Å². The summed E-state index contributed by atoms with van der Waals surface area (Å²) < 4.78 is 5.53. The third-order valence-electron chi connectivity index (χ3n) is 5.65. The maximum Gasteiger partial charge on any atom is 0.317 e. The van der Waals surface area contributed by atoms with Crippen molar-refractivity contribution < 1.29 is 9.53 Å². The summed E-state index contributed by atoms with van der Waals surface area (Å²) in [6.07, 6.45) is 4.34. The minimum Gasteiger partial charge on any atom is -0.381 e. The van der Waals surface area contributed by atoms with E-state index in [4.69, 9.17) is 4.74 Å². The van der Waals surface area contributed by atoms with Crippen molar-refractivity contribution in [2.24, 2.45) is 5.41 Å². The monoisotopic (exact) mass is 300 g/mol. The lowest BCUT2D eigenvalue weighted by atomic mass is 9.76. The van der Waals surface area contributed by atoms with Crippen molar-refractivity contribution in [3.8, 4) is 0 Å². The number of hydrogen-bond donors (Lipinski definition) is 1. The van der Waals surface area contributed by atoms with Gasteiger partial charge in [-0.15, -0.1) is 0 Å². The van der Waals surface area contributed by atoms with E-state index >= 15 is 0 Å². The largest absolute Gasteiger partial charge is 0.381 e. The Kier molecular flexibility index (Phi) is 3.57. The molecule has 0 aromatic heterocycles. The highest BCUT2D eigenvalue weighted by Gasteiger charge is 2.43. The smallest absolute Gasteiger partial charge is 0.317 e. The molecule has 1 atom stereocenters. The van der Waals surface area contributed by atoms with Crippen LogP contribution in [0.25, 0.3) is 0 Å². The first kappa shape index (κ1) is 14.1. The van der Waals surface area contributed by atoms with Crippen LogP contribution >= 0.6 is 0 Å². The Morgan fingerprint density at radius 3 is 2.77 bits per heavy atom. The summed E-state index contributed by atoms with van der Waals surface area (Å²) >= 11 is 0. The molecule has 0 radical (unpaired) electrons. The van der Waals surface area contributed by atoms with Crippen LogP contribution in [-0.4, -0.2) is 43.3 Å². The minimum atomic E-state index is 0.125. The summed E-state index contributed by atoms with van der Waals surface area (Å²) in [5.41, 5.74) is 1.65. The van der Waals surface area contributed by atoms with E-state index in [0.29, 0.717) is 12.0 Å². The van der Waals surface area contributed by atoms with Crippen LogP contribution in [0, 0.1) is 5.41 Å². The molecule has 118 valence electrons. The van der Waals surface area contributed by atoms with Crippen LogP contribution in [0.15, 0.2) is 30.3 Å². The average molecular weight is 300 g/mol. The molecule has 4 rings (SSSR count). The molecular weight excluding hydrogens is 276 g/mol. The number of carbonyl (C=O) groups excluding carboxylic acids is 1. The summed E-state index contributed by atoms with van der Waals surface area (Å²) in [5.74, 6) is 0.611. The van der Waals surface area contributed by atoms with Crippen LogP contribution in [0.4, 0.5) is 4.79 Å². The van der Waals surface area contributed by atoms with E-state index in [1.165, 1.54) is 5.56 Å². The molecule has 1 saturated carbocycles. The van der Waals surface area contributed by atoms with Gasteiger partial charge in [-0.1, -0.05) is 30.3 Å². The summed E-state index contributed by atoms with van der Waals surface area (Å²) in [6.45, 7) is 3.44. The molecule has 0 unspecified atom stereocenters. The van der Waals surface area contributed by atoms with Gasteiger partial charge < -0.3 is 15.0 Å². The molecule has 1 aromatic carbocycles. The molecule has 3 aliphatic rings. The standard InChI is InChI=1S/C18H24N2O2/c21-17(20-8-6-18(12-20)7-9-22-13-18)19-16-10-15(11-16)14-4-2-1-3-5-14/h1-5,15-16H,6-13H2,(H,19,21)/t15?,16?,18-/m1/s1. The number of urea groups is 1. The lowest BCUT2D eigenvalue weighted by Gasteiger charge is -2.37. The first-order valence-electron chi connectivity index (χ1n) is 8.42. The molecule has 2 heterocycles. The van der Waals surface area contributed by atoms with Crippen LogP contribution in [0.3, 0.4) is 0 Å². The number of nitrogens with one attached hydrogen (secondary N) is 1. The third-order valence-corrected chi connectivity index (χ3v) is 5.65. The van der Waals surface area contributed by atoms with Gasteiger partial charge in [0.05, 0.1) is 6.61 Å². The molecule has 2 saturated heterocycles. The maximum absolute atomic E-state index is 12.4. The summed E-state index contributed by atoms with van der Waals surface area (Å²) in [5, 5.41) is 3.21. The molecule has 4 nitrogen and oxygen atoms in total. The Hall–Kier alpha value is -1.55. The van der Waals surface area contributed by atoms with Crippen LogP contribution in [0.1, 0.15) is 37.2 Å². The lowest BCUT2D eigenvalue weighted by Crippen LogP contribution is -2.49. The van der Waals surface area contributed by atoms with Gasteiger partial charge in [-0.2, -0.15) is 0 Å². The fraction of sp³-hybridized carbons (Fsp3) is 0.611. The highest BCUT2D eigenvalue weighted by molar-refractivity contribution is 5.75. The van der Waals surface area contributed by atoms with Crippen molar-refractivity contribution in [3.63, 3.8) is 0 Å². The normalized spacial score (nSPS) is 33.9. The van der Waals surface area contributed by atoms with Gasteiger partial charge in [0, 0.05) is 31.2 Å². The van der Waals surface area contributed by atoms with Gasteiger partial charge >= 0.3 is 6.03 Å². The predicted molar refractivity (Wildman–Crippen MR) is 84.8 cm³/mol. The zero-order valence-electron chi connectivity index (χ0n) is 13.0. The molecule has 1 aromatic rings. The molecule has 2 amide bonds. The number of hydrogen-bond acceptors (Lipinski definition) is 2. The number of nitrogens with zero attached hydrogens (tertiary/aromatic N) is 1. The average Bonchev–Trinajstić information content (AvgIpc) is 3.14. The first-order chi connectivity index (χ1) is 10.7. The van der Waals surface area contributed by atoms with Crippen molar-refractivity contribution >= 4 is 6.03 Å². The Bertz CT molecular complexity index is 533. The number of likely N-dealkylation sites (tertiary alicyclic amines) is 1. The fourth-order valence-corrected chi connectivity index (χ4v) is 4.08. The van der Waals surface area contributed by atoms with E-state index in [2.05, 4.69) is 35.6 Å². The molecule has 4 heteroatoms. The number of carbonyl (C=O) groups is 1. The van der Waals surface area contributed by atoms with Crippen molar-refractivity contribution in [2.75, 3.05) is 26.3 Å². The van der Waals surface area contributed by atoms with Crippen LogP contribution in [0.2, 0.25) is 0 Å². The Balaban J connectivity index is 1.26. The Labute approximate surface area is 131 Å². The van der Waals surface area contributed by atoms with Gasteiger partial charge in [0.25, 0.3) is 0 Å². The highest BCUT2D eigenvalue weighted by Crippen LogP contribution is 2.39. The zero-order valence-corrected chi connectivity index (χ0v) is 13.0. The van der Waals surface area contributed by atoms with E-state index in [0.717, 1.165) is 52.0 Å². The fourth-order valence-electron chi connectivity index (χ4n) is 4.08. The second-order valence-corrected chi connectivity index (χ2v) is 7.20. The van der Waals surface area contributed by atoms with E-state index < -0.39 is 0 Å². The molecule has 1 spiro atoms. The van der Waals surface area contributed by atoms with Gasteiger partial charge in [0.1, 0.15) is 0 Å². The van der Waals surface area contributed by atoms with Crippen LogP contribution in [-0.2, 0) is 4.74 Å². The summed E-state index contributed by atoms with van der Waals surface area (Å²) in [4.78, 5) is 14.4. The minimum absolute atomic E-state index is 0.125. The number of amides is 2. The Morgan fingerprint density at radius 1 is 1.23 bits per heavy atom. The van der Waals surface area contributed by atoms with E-state index in [1.807, 2.05) is 4.90 Å².